The van der Waals surface area contributed by atoms with Gasteiger partial charge in [0.25, 0.3) is 0 Å². The van der Waals surface area contributed by atoms with E-state index in [4.69, 9.17) is 22.3 Å². The van der Waals surface area contributed by atoms with Gasteiger partial charge in [-0.1, -0.05) is 24.4 Å². The molecule has 1 aliphatic carbocycles. The van der Waals surface area contributed by atoms with Crippen LogP contribution >= 0.6 is 11.6 Å². The first kappa shape index (κ1) is 11.8. The van der Waals surface area contributed by atoms with Crippen molar-refractivity contribution in [1.82, 2.24) is 4.98 Å². The van der Waals surface area contributed by atoms with E-state index in [1.807, 2.05) is 19.1 Å². The second-order valence-corrected chi connectivity index (χ2v) is 5.67. The molecule has 1 fully saturated rings. The van der Waals surface area contributed by atoms with Crippen molar-refractivity contribution in [3.63, 3.8) is 0 Å². The molecule has 2 nitrogen and oxygen atoms in total. The molecule has 18 heavy (non-hydrogen) atoms. The number of pyridine rings is 1. The number of aryl methyl sites for hydroxylation is 1. The highest BCUT2D eigenvalue weighted by Gasteiger charge is 2.20. The van der Waals surface area contributed by atoms with E-state index in [1.165, 1.54) is 25.7 Å². The Kier molecular flexibility index (Phi) is 2.90. The normalized spacial score (nSPS) is 16.6. The highest BCUT2D eigenvalue weighted by Crippen LogP contribution is 2.36. The van der Waals surface area contributed by atoms with Crippen LogP contribution in [0.25, 0.3) is 10.9 Å². The average Bonchev–Trinajstić information content (AvgIpc) is 2.83. The Morgan fingerprint density at radius 1 is 1.22 bits per heavy atom. The van der Waals surface area contributed by atoms with Crippen LogP contribution in [0.3, 0.4) is 0 Å². The smallest absolute Gasteiger partial charge is 0.0912 e. The molecule has 0 amide bonds. The summed E-state index contributed by atoms with van der Waals surface area (Å²) in [4.78, 5) is 4.75. The number of fused-ring (bicyclic) bond motifs is 1. The third kappa shape index (κ3) is 1.95. The summed E-state index contributed by atoms with van der Waals surface area (Å²) in [6.45, 7) is 2.02. The Morgan fingerprint density at radius 2 is 1.94 bits per heavy atom. The first-order chi connectivity index (χ1) is 8.65. The highest BCUT2D eigenvalue weighted by molar-refractivity contribution is 6.35. The summed E-state index contributed by atoms with van der Waals surface area (Å²) in [5, 5.41) is 1.68. The van der Waals surface area contributed by atoms with Gasteiger partial charge < -0.3 is 5.73 Å². The molecule has 0 spiro atoms. The van der Waals surface area contributed by atoms with E-state index in [2.05, 4.69) is 6.07 Å². The standard InChI is InChI=1S/C15H17ClN2/c1-9-6-11-13(17)8-14(10-4-2-3-5-10)18-15(11)12(16)7-9/h6-8,10H,2-5H2,1H3,(H2,17,18). The van der Waals surface area contributed by atoms with E-state index in [0.29, 0.717) is 10.9 Å². The molecular weight excluding hydrogens is 244 g/mol. The molecule has 1 aliphatic rings. The molecule has 0 saturated heterocycles. The van der Waals surface area contributed by atoms with E-state index in [0.717, 1.165) is 27.8 Å². The summed E-state index contributed by atoms with van der Waals surface area (Å²) < 4.78 is 0. The summed E-state index contributed by atoms with van der Waals surface area (Å²) >= 11 is 6.29. The minimum atomic E-state index is 0.564. The van der Waals surface area contributed by atoms with Gasteiger partial charge in [-0.25, -0.2) is 0 Å². The van der Waals surface area contributed by atoms with Crippen LogP contribution in [0.15, 0.2) is 18.2 Å². The third-order valence-corrected chi connectivity index (χ3v) is 4.12. The fraction of sp³-hybridized carbons (Fsp3) is 0.400. The lowest BCUT2D eigenvalue weighted by Crippen LogP contribution is -2.00. The van der Waals surface area contributed by atoms with Crippen molar-refractivity contribution in [2.45, 2.75) is 38.5 Å². The van der Waals surface area contributed by atoms with Crippen LogP contribution in [0.5, 0.6) is 0 Å². The fourth-order valence-electron chi connectivity index (χ4n) is 2.90. The predicted molar refractivity (Wildman–Crippen MR) is 77.1 cm³/mol. The SMILES string of the molecule is Cc1cc(Cl)c2nc(C3CCCC3)cc(N)c2c1. The van der Waals surface area contributed by atoms with Gasteiger partial charge in [0.1, 0.15) is 0 Å². The largest absolute Gasteiger partial charge is 0.398 e. The van der Waals surface area contributed by atoms with Crippen molar-refractivity contribution in [2.75, 3.05) is 5.73 Å². The van der Waals surface area contributed by atoms with Crippen molar-refractivity contribution in [3.05, 3.63) is 34.5 Å². The maximum atomic E-state index is 6.29. The zero-order chi connectivity index (χ0) is 12.7. The fourth-order valence-corrected chi connectivity index (χ4v) is 3.21. The van der Waals surface area contributed by atoms with Crippen LogP contribution in [0.4, 0.5) is 5.69 Å². The molecule has 1 aromatic carbocycles. The highest BCUT2D eigenvalue weighted by atomic mass is 35.5. The van der Waals surface area contributed by atoms with Gasteiger partial charge in [-0.05, 0) is 43.5 Å². The number of nitrogen functional groups attached to an aromatic ring is 1. The van der Waals surface area contributed by atoms with Gasteiger partial charge in [0.15, 0.2) is 0 Å². The maximum absolute atomic E-state index is 6.29. The Bertz CT molecular complexity index is 601. The number of nitrogens with zero attached hydrogens (tertiary/aromatic N) is 1. The molecule has 0 aliphatic heterocycles. The number of anilines is 1. The molecule has 1 aromatic heterocycles. The number of aromatic nitrogens is 1. The number of hydrogen-bond acceptors (Lipinski definition) is 2. The lowest BCUT2D eigenvalue weighted by atomic mass is 10.0. The van der Waals surface area contributed by atoms with E-state index in [-0.39, 0.29) is 0 Å². The molecule has 2 aromatic rings. The minimum Gasteiger partial charge on any atom is -0.398 e. The zero-order valence-corrected chi connectivity index (χ0v) is 11.3. The molecule has 0 bridgehead atoms. The quantitative estimate of drug-likeness (QED) is 0.823. The van der Waals surface area contributed by atoms with E-state index in [1.54, 1.807) is 0 Å². The van der Waals surface area contributed by atoms with Gasteiger partial charge in [-0.15, -0.1) is 0 Å². The van der Waals surface area contributed by atoms with Gasteiger partial charge in [-0.2, -0.15) is 0 Å². The average molecular weight is 261 g/mol. The summed E-state index contributed by atoms with van der Waals surface area (Å²) in [6.07, 6.45) is 5.04. The summed E-state index contributed by atoms with van der Waals surface area (Å²) in [7, 11) is 0. The number of rotatable bonds is 1. The Hall–Kier alpha value is -1.28. The van der Waals surface area contributed by atoms with Crippen molar-refractivity contribution < 1.29 is 0 Å². The van der Waals surface area contributed by atoms with E-state index < -0.39 is 0 Å². The van der Waals surface area contributed by atoms with Crippen LogP contribution in [-0.2, 0) is 0 Å². The first-order valence-corrected chi connectivity index (χ1v) is 6.89. The Morgan fingerprint density at radius 3 is 2.67 bits per heavy atom. The van der Waals surface area contributed by atoms with Gasteiger partial charge in [0.2, 0.25) is 0 Å². The van der Waals surface area contributed by atoms with Crippen LogP contribution in [0.2, 0.25) is 5.02 Å². The first-order valence-electron chi connectivity index (χ1n) is 6.51. The summed E-state index contributed by atoms with van der Waals surface area (Å²) in [6, 6.07) is 6.05. The Labute approximate surface area is 112 Å². The topological polar surface area (TPSA) is 38.9 Å². The molecule has 3 rings (SSSR count). The molecule has 2 N–H and O–H groups in total. The number of nitrogens with two attached hydrogens (primary N) is 1. The van der Waals surface area contributed by atoms with Gasteiger partial charge >= 0.3 is 0 Å². The van der Waals surface area contributed by atoms with Crippen molar-refractivity contribution >= 4 is 28.2 Å². The van der Waals surface area contributed by atoms with Crippen molar-refractivity contribution in [2.24, 2.45) is 0 Å². The van der Waals surface area contributed by atoms with Crippen LogP contribution in [0.1, 0.15) is 42.9 Å². The summed E-state index contributed by atoms with van der Waals surface area (Å²) in [5.74, 6) is 0.564. The molecule has 1 saturated carbocycles. The second kappa shape index (κ2) is 4.43. The molecule has 3 heteroatoms. The third-order valence-electron chi connectivity index (χ3n) is 3.84. The number of hydrogen-bond donors (Lipinski definition) is 1. The lowest BCUT2D eigenvalue weighted by molar-refractivity contribution is 0.701. The minimum absolute atomic E-state index is 0.564. The number of halogens is 1. The van der Waals surface area contributed by atoms with Gasteiger partial charge in [0.05, 0.1) is 10.5 Å². The molecule has 1 heterocycles. The lowest BCUT2D eigenvalue weighted by Gasteiger charge is -2.12. The van der Waals surface area contributed by atoms with E-state index in [9.17, 15) is 0 Å². The Balaban J connectivity index is 2.20. The molecule has 0 unspecified atom stereocenters. The molecule has 0 radical (unpaired) electrons. The van der Waals surface area contributed by atoms with Crippen LogP contribution < -0.4 is 5.73 Å². The molecular formula is C15H17ClN2. The van der Waals surface area contributed by atoms with Crippen molar-refractivity contribution in [3.8, 4) is 0 Å². The van der Waals surface area contributed by atoms with Gasteiger partial charge in [-0.3, -0.25) is 4.98 Å². The second-order valence-electron chi connectivity index (χ2n) is 5.26. The molecule has 94 valence electrons. The van der Waals surface area contributed by atoms with Gasteiger partial charge in [0, 0.05) is 22.7 Å². The monoisotopic (exact) mass is 260 g/mol. The van der Waals surface area contributed by atoms with E-state index >= 15 is 0 Å². The number of benzene rings is 1. The maximum Gasteiger partial charge on any atom is 0.0912 e. The predicted octanol–water partition coefficient (Wildman–Crippen LogP) is 4.44. The molecule has 0 atom stereocenters. The summed E-state index contributed by atoms with van der Waals surface area (Å²) in [5.41, 5.74) is 10.0. The zero-order valence-electron chi connectivity index (χ0n) is 10.5. The van der Waals surface area contributed by atoms with Crippen molar-refractivity contribution in [1.29, 1.82) is 0 Å². The van der Waals surface area contributed by atoms with Crippen LogP contribution in [0, 0.1) is 6.92 Å². The van der Waals surface area contributed by atoms with Crippen LogP contribution in [-0.4, -0.2) is 4.98 Å².